The molecule has 27 heavy (non-hydrogen) atoms. The van der Waals surface area contributed by atoms with Crippen molar-refractivity contribution in [3.8, 4) is 0 Å². The van der Waals surface area contributed by atoms with E-state index >= 15 is 0 Å². The zero-order valence-electron chi connectivity index (χ0n) is 14.9. The summed E-state index contributed by atoms with van der Waals surface area (Å²) in [7, 11) is 0. The van der Waals surface area contributed by atoms with Gasteiger partial charge in [-0.15, -0.1) is 0 Å². The Hall–Kier alpha value is -2.80. The number of benzene rings is 1. The lowest BCUT2D eigenvalue weighted by Gasteiger charge is -2.24. The van der Waals surface area contributed by atoms with Crippen LogP contribution in [0.15, 0.2) is 47.1 Å². The molecule has 1 aromatic heterocycles. The van der Waals surface area contributed by atoms with Crippen LogP contribution in [0.5, 0.6) is 0 Å². The summed E-state index contributed by atoms with van der Waals surface area (Å²) in [4.78, 5) is 41.9. The first-order valence-electron chi connectivity index (χ1n) is 8.66. The van der Waals surface area contributed by atoms with Crippen molar-refractivity contribution in [2.75, 3.05) is 31.2 Å². The number of hydrogen-bond acceptors (Lipinski definition) is 4. The average molecular weight is 390 g/mol. The molecule has 1 fully saturated rings. The van der Waals surface area contributed by atoms with Gasteiger partial charge in [0.1, 0.15) is 19.8 Å². The van der Waals surface area contributed by atoms with Crippen LogP contribution in [0.4, 0.5) is 5.69 Å². The monoisotopic (exact) mass is 389 g/mol. The molecule has 0 spiro atoms. The topological polar surface area (TPSA) is 74.1 Å². The molecule has 8 heteroatoms. The maximum atomic E-state index is 12.7. The van der Waals surface area contributed by atoms with Crippen molar-refractivity contribution in [3.05, 3.63) is 53.4 Å². The molecular formula is C19H20ClN3O4. The Balaban J connectivity index is 1.68. The van der Waals surface area contributed by atoms with E-state index in [9.17, 15) is 14.4 Å². The van der Waals surface area contributed by atoms with Crippen LogP contribution in [-0.2, 0) is 9.59 Å². The standard InChI is InChI=1S/C19H20ClN3O4/c1-2-8-21(19(26)16-7-4-9-27-16)11-17(24)22-12-18(25)23(13-22)15-6-3-5-14(20)10-15/h3-7,9-10H,2,8,11-13H2,1H3. The molecule has 7 nitrogen and oxygen atoms in total. The summed E-state index contributed by atoms with van der Waals surface area (Å²) in [5.74, 6) is -0.632. The van der Waals surface area contributed by atoms with Gasteiger partial charge < -0.3 is 14.2 Å². The highest BCUT2D eigenvalue weighted by Gasteiger charge is 2.33. The minimum absolute atomic E-state index is 0.0275. The summed E-state index contributed by atoms with van der Waals surface area (Å²) in [6, 6.07) is 10.1. The molecule has 1 aliphatic heterocycles. The molecule has 142 valence electrons. The van der Waals surface area contributed by atoms with Gasteiger partial charge in [0.05, 0.1) is 6.26 Å². The third-order valence-electron chi connectivity index (χ3n) is 4.25. The number of anilines is 1. The second kappa shape index (κ2) is 8.26. The highest BCUT2D eigenvalue weighted by Crippen LogP contribution is 2.23. The Morgan fingerprint density at radius 1 is 1.26 bits per heavy atom. The third-order valence-corrected chi connectivity index (χ3v) is 4.49. The van der Waals surface area contributed by atoms with Crippen molar-refractivity contribution in [3.63, 3.8) is 0 Å². The van der Waals surface area contributed by atoms with Crippen molar-refractivity contribution in [2.24, 2.45) is 0 Å². The zero-order valence-corrected chi connectivity index (χ0v) is 15.7. The molecule has 0 atom stereocenters. The van der Waals surface area contributed by atoms with E-state index in [0.29, 0.717) is 23.7 Å². The second-order valence-corrected chi connectivity index (χ2v) is 6.68. The maximum Gasteiger partial charge on any atom is 0.290 e. The molecule has 2 heterocycles. The van der Waals surface area contributed by atoms with Gasteiger partial charge in [0, 0.05) is 17.3 Å². The van der Waals surface area contributed by atoms with E-state index in [-0.39, 0.29) is 43.2 Å². The molecule has 0 N–H and O–H groups in total. The minimum atomic E-state index is -0.340. The molecule has 0 bridgehead atoms. The number of hydrogen-bond donors (Lipinski definition) is 0. The van der Waals surface area contributed by atoms with Crippen molar-refractivity contribution in [1.82, 2.24) is 9.80 Å². The molecule has 1 aliphatic rings. The summed E-state index contributed by atoms with van der Waals surface area (Å²) < 4.78 is 5.14. The zero-order chi connectivity index (χ0) is 19.4. The predicted octanol–water partition coefficient (Wildman–Crippen LogP) is 2.62. The van der Waals surface area contributed by atoms with Gasteiger partial charge >= 0.3 is 0 Å². The number of carbonyl (C=O) groups is 3. The highest BCUT2D eigenvalue weighted by molar-refractivity contribution is 6.31. The largest absolute Gasteiger partial charge is 0.459 e. The van der Waals surface area contributed by atoms with E-state index < -0.39 is 0 Å². The van der Waals surface area contributed by atoms with Gasteiger partial charge in [-0.25, -0.2) is 0 Å². The summed E-state index contributed by atoms with van der Waals surface area (Å²) in [6.07, 6.45) is 2.12. The maximum absolute atomic E-state index is 12.7. The van der Waals surface area contributed by atoms with Gasteiger partial charge in [-0.1, -0.05) is 24.6 Å². The van der Waals surface area contributed by atoms with Crippen molar-refractivity contribution < 1.29 is 18.8 Å². The third kappa shape index (κ3) is 4.31. The fourth-order valence-electron chi connectivity index (χ4n) is 2.93. The molecule has 0 unspecified atom stereocenters. The van der Waals surface area contributed by atoms with Gasteiger partial charge in [0.25, 0.3) is 5.91 Å². The molecule has 1 aromatic carbocycles. The lowest BCUT2D eigenvalue weighted by atomic mass is 10.3. The van der Waals surface area contributed by atoms with Gasteiger partial charge in [-0.05, 0) is 36.8 Å². The van der Waals surface area contributed by atoms with Crippen LogP contribution in [0.25, 0.3) is 0 Å². The Morgan fingerprint density at radius 3 is 2.74 bits per heavy atom. The lowest BCUT2D eigenvalue weighted by Crippen LogP contribution is -2.43. The summed E-state index contributed by atoms with van der Waals surface area (Å²) in [6.45, 7) is 2.34. The SMILES string of the molecule is CCCN(CC(=O)N1CC(=O)N(c2cccc(Cl)c2)C1)C(=O)c1ccco1. The molecule has 2 aromatic rings. The van der Waals surface area contributed by atoms with E-state index in [1.807, 2.05) is 6.92 Å². The molecule has 0 radical (unpaired) electrons. The molecule has 0 saturated carbocycles. The Morgan fingerprint density at radius 2 is 2.07 bits per heavy atom. The van der Waals surface area contributed by atoms with Crippen molar-refractivity contribution in [1.29, 1.82) is 0 Å². The number of halogens is 1. The highest BCUT2D eigenvalue weighted by atomic mass is 35.5. The normalized spacial score (nSPS) is 13.9. The Kier molecular flexibility index (Phi) is 5.81. The molecular weight excluding hydrogens is 370 g/mol. The average Bonchev–Trinajstić information content (AvgIpc) is 3.30. The van der Waals surface area contributed by atoms with Crippen LogP contribution >= 0.6 is 11.6 Å². The number of rotatable bonds is 6. The number of furan rings is 1. The van der Waals surface area contributed by atoms with Crippen LogP contribution in [0.3, 0.4) is 0 Å². The van der Waals surface area contributed by atoms with E-state index in [1.54, 1.807) is 36.4 Å². The lowest BCUT2D eigenvalue weighted by molar-refractivity contribution is -0.132. The molecule has 3 rings (SSSR count). The van der Waals surface area contributed by atoms with Crippen LogP contribution in [0.2, 0.25) is 5.02 Å². The summed E-state index contributed by atoms with van der Waals surface area (Å²) >= 11 is 5.99. The second-order valence-electron chi connectivity index (χ2n) is 6.24. The Bertz CT molecular complexity index is 837. The van der Waals surface area contributed by atoms with Gasteiger partial charge in [-0.2, -0.15) is 0 Å². The summed E-state index contributed by atoms with van der Waals surface area (Å²) in [5, 5.41) is 0.517. The van der Waals surface area contributed by atoms with Crippen LogP contribution in [0, 0.1) is 0 Å². The van der Waals surface area contributed by atoms with E-state index in [4.69, 9.17) is 16.0 Å². The van der Waals surface area contributed by atoms with Gasteiger partial charge in [0.15, 0.2) is 5.76 Å². The van der Waals surface area contributed by atoms with Crippen LogP contribution in [0.1, 0.15) is 23.9 Å². The van der Waals surface area contributed by atoms with Crippen molar-refractivity contribution in [2.45, 2.75) is 13.3 Å². The first-order valence-corrected chi connectivity index (χ1v) is 9.04. The molecule has 0 aliphatic carbocycles. The number of nitrogens with zero attached hydrogens (tertiary/aromatic N) is 3. The fraction of sp³-hybridized carbons (Fsp3) is 0.316. The van der Waals surface area contributed by atoms with Crippen LogP contribution in [-0.4, -0.2) is 53.8 Å². The molecule has 1 saturated heterocycles. The quantitative estimate of drug-likeness (QED) is 0.761. The first kappa shape index (κ1) is 19.0. The predicted molar refractivity (Wildman–Crippen MR) is 100 cm³/mol. The van der Waals surface area contributed by atoms with E-state index in [2.05, 4.69) is 0 Å². The smallest absolute Gasteiger partial charge is 0.290 e. The van der Waals surface area contributed by atoms with E-state index in [1.165, 1.54) is 21.0 Å². The van der Waals surface area contributed by atoms with E-state index in [0.717, 1.165) is 0 Å². The van der Waals surface area contributed by atoms with Gasteiger partial charge in [-0.3, -0.25) is 19.3 Å². The minimum Gasteiger partial charge on any atom is -0.459 e. The fourth-order valence-corrected chi connectivity index (χ4v) is 3.11. The molecule has 3 amide bonds. The first-order chi connectivity index (χ1) is 13.0. The number of carbonyl (C=O) groups excluding carboxylic acids is 3. The Labute approximate surface area is 162 Å². The van der Waals surface area contributed by atoms with Crippen molar-refractivity contribution >= 4 is 35.0 Å². The van der Waals surface area contributed by atoms with Crippen LogP contribution < -0.4 is 4.90 Å². The summed E-state index contributed by atoms with van der Waals surface area (Å²) in [5.41, 5.74) is 0.639. The number of amides is 3. The van der Waals surface area contributed by atoms with Gasteiger partial charge in [0.2, 0.25) is 11.8 Å².